The number of halogens is 1. The molecule has 0 spiro atoms. The van der Waals surface area contributed by atoms with Crippen molar-refractivity contribution < 1.29 is 24.5 Å². The summed E-state index contributed by atoms with van der Waals surface area (Å²) in [5.41, 5.74) is 1.18. The predicted molar refractivity (Wildman–Crippen MR) is 135 cm³/mol. The molecule has 4 aromatic rings. The fourth-order valence-corrected chi connectivity index (χ4v) is 4.51. The minimum Gasteiger partial charge on any atom is -0.507 e. The Hall–Kier alpha value is -4.29. The normalized spacial score (nSPS) is 17.2. The van der Waals surface area contributed by atoms with Crippen LogP contribution in [-0.4, -0.2) is 29.0 Å². The average Bonchev–Trinajstić information content (AvgIpc) is 3.14. The van der Waals surface area contributed by atoms with Gasteiger partial charge in [-0.1, -0.05) is 54.1 Å². The fourth-order valence-electron chi connectivity index (χ4n) is 4.39. The third kappa shape index (κ3) is 3.88. The van der Waals surface area contributed by atoms with Crippen LogP contribution >= 0.6 is 11.6 Å². The van der Waals surface area contributed by atoms with E-state index in [0.29, 0.717) is 21.8 Å². The highest BCUT2D eigenvalue weighted by atomic mass is 35.5. The zero-order chi connectivity index (χ0) is 24.7. The predicted octanol–water partition coefficient (Wildman–Crippen LogP) is 5.83. The quantitative estimate of drug-likeness (QED) is 0.215. The number of methoxy groups -OCH3 is 1. The summed E-state index contributed by atoms with van der Waals surface area (Å²) in [4.78, 5) is 27.9. The van der Waals surface area contributed by atoms with Crippen LogP contribution in [0.4, 0.5) is 5.69 Å². The van der Waals surface area contributed by atoms with E-state index in [1.807, 2.05) is 30.3 Å². The number of ether oxygens (including phenoxy) is 1. The summed E-state index contributed by atoms with van der Waals surface area (Å²) in [7, 11) is 1.42. The molecule has 174 valence electrons. The highest BCUT2D eigenvalue weighted by molar-refractivity contribution is 6.51. The van der Waals surface area contributed by atoms with Crippen LogP contribution in [0.15, 0.2) is 90.5 Å². The molecule has 1 aliphatic heterocycles. The van der Waals surface area contributed by atoms with Crippen molar-refractivity contribution in [3.05, 3.63) is 107 Å². The number of anilines is 1. The number of ketones is 1. The molecule has 0 aromatic heterocycles. The summed E-state index contributed by atoms with van der Waals surface area (Å²) in [5.74, 6) is -1.84. The number of rotatable bonds is 4. The number of nitrogens with zero attached hydrogens (tertiary/aromatic N) is 1. The molecular weight excluding hydrogens is 466 g/mol. The van der Waals surface area contributed by atoms with Gasteiger partial charge in [0, 0.05) is 16.3 Å². The van der Waals surface area contributed by atoms with Crippen LogP contribution in [0.1, 0.15) is 17.2 Å². The van der Waals surface area contributed by atoms with Crippen LogP contribution in [0.3, 0.4) is 0 Å². The van der Waals surface area contributed by atoms with Gasteiger partial charge in [0.05, 0.1) is 18.7 Å². The molecule has 0 radical (unpaired) electrons. The lowest BCUT2D eigenvalue weighted by atomic mass is 9.94. The Kier molecular flexibility index (Phi) is 5.67. The number of benzene rings is 4. The number of carbonyl (C=O) groups excluding carboxylic acids is 2. The maximum Gasteiger partial charge on any atom is 0.300 e. The van der Waals surface area contributed by atoms with E-state index in [4.69, 9.17) is 16.3 Å². The van der Waals surface area contributed by atoms with Gasteiger partial charge < -0.3 is 14.9 Å². The molecule has 1 unspecified atom stereocenters. The minimum atomic E-state index is -0.987. The monoisotopic (exact) mass is 485 g/mol. The largest absolute Gasteiger partial charge is 0.507 e. The van der Waals surface area contributed by atoms with Crippen molar-refractivity contribution in [3.63, 3.8) is 0 Å². The summed E-state index contributed by atoms with van der Waals surface area (Å²) in [6, 6.07) is 23.0. The fraction of sp³-hybridized carbons (Fsp3) is 0.0714. The molecule has 1 atom stereocenters. The second-order valence-corrected chi connectivity index (χ2v) is 8.58. The molecule has 5 rings (SSSR count). The second kappa shape index (κ2) is 8.81. The molecule has 1 amide bonds. The molecular formula is C28H20ClNO5. The molecule has 0 saturated carbocycles. The van der Waals surface area contributed by atoms with Crippen molar-refractivity contribution in [3.8, 4) is 11.5 Å². The number of fused-ring (bicyclic) bond motifs is 1. The zero-order valence-electron chi connectivity index (χ0n) is 18.6. The maximum absolute atomic E-state index is 13.3. The van der Waals surface area contributed by atoms with E-state index < -0.39 is 17.7 Å². The van der Waals surface area contributed by atoms with Gasteiger partial charge in [-0.05, 0) is 58.8 Å². The lowest BCUT2D eigenvalue weighted by Gasteiger charge is -2.26. The van der Waals surface area contributed by atoms with Crippen LogP contribution in [0.25, 0.3) is 16.5 Å². The number of phenols is 1. The summed E-state index contributed by atoms with van der Waals surface area (Å²) >= 11 is 6.03. The first-order valence-corrected chi connectivity index (χ1v) is 11.2. The number of hydrogen-bond donors (Lipinski definition) is 2. The number of aromatic hydroxyl groups is 1. The number of amides is 1. The Morgan fingerprint density at radius 2 is 1.63 bits per heavy atom. The van der Waals surface area contributed by atoms with E-state index in [2.05, 4.69) is 0 Å². The molecule has 4 aromatic carbocycles. The number of carbonyl (C=O) groups is 2. The van der Waals surface area contributed by atoms with Crippen LogP contribution in [0, 0.1) is 0 Å². The van der Waals surface area contributed by atoms with Crippen molar-refractivity contribution >= 4 is 45.5 Å². The molecule has 0 aliphatic carbocycles. The Labute approximate surface area is 206 Å². The van der Waals surface area contributed by atoms with Gasteiger partial charge in [-0.15, -0.1) is 0 Å². The molecule has 2 N–H and O–H groups in total. The standard InChI is InChI=1S/C28H20ClNO5/c1-35-23-13-8-18(15-22(23)31)25-24(26(32)19-7-6-16-4-2-3-5-17(16)14-19)27(33)28(34)30(25)21-11-9-20(29)10-12-21/h2-15,25,31-32H,1H3/b26-24-. The van der Waals surface area contributed by atoms with Crippen LogP contribution in [-0.2, 0) is 9.59 Å². The van der Waals surface area contributed by atoms with E-state index in [1.165, 1.54) is 18.1 Å². The first-order chi connectivity index (χ1) is 16.9. The average molecular weight is 486 g/mol. The van der Waals surface area contributed by atoms with E-state index in [0.717, 1.165) is 10.8 Å². The second-order valence-electron chi connectivity index (χ2n) is 8.14. The molecule has 35 heavy (non-hydrogen) atoms. The van der Waals surface area contributed by atoms with Gasteiger partial charge in [-0.25, -0.2) is 0 Å². The highest BCUT2D eigenvalue weighted by Gasteiger charge is 2.47. The Balaban J connectivity index is 1.73. The van der Waals surface area contributed by atoms with Crippen LogP contribution in [0.2, 0.25) is 5.02 Å². The van der Waals surface area contributed by atoms with Crippen molar-refractivity contribution in [2.45, 2.75) is 6.04 Å². The summed E-state index contributed by atoms with van der Waals surface area (Å²) < 4.78 is 5.14. The number of aliphatic hydroxyl groups excluding tert-OH is 1. The lowest BCUT2D eigenvalue weighted by Crippen LogP contribution is -2.29. The van der Waals surface area contributed by atoms with Crippen molar-refractivity contribution in [1.82, 2.24) is 0 Å². The molecule has 1 heterocycles. The third-order valence-corrected chi connectivity index (χ3v) is 6.34. The summed E-state index contributed by atoms with van der Waals surface area (Å²) in [6.07, 6.45) is 0. The van der Waals surface area contributed by atoms with Crippen molar-refractivity contribution in [1.29, 1.82) is 0 Å². The topological polar surface area (TPSA) is 87.1 Å². The maximum atomic E-state index is 13.3. The molecule has 1 aliphatic rings. The zero-order valence-corrected chi connectivity index (χ0v) is 19.4. The van der Waals surface area contributed by atoms with Gasteiger partial charge >= 0.3 is 0 Å². The number of phenolic OH excluding ortho intramolecular Hbond substituents is 1. The SMILES string of the molecule is COc1ccc(C2/C(=C(/O)c3ccc4ccccc4c3)C(=O)C(=O)N2c2ccc(Cl)cc2)cc1O. The third-order valence-electron chi connectivity index (χ3n) is 6.09. The number of Topliss-reactive ketones (excluding diaryl/α,β-unsaturated/α-hetero) is 1. The first kappa shape index (κ1) is 22.5. The summed E-state index contributed by atoms with van der Waals surface area (Å²) in [5, 5.41) is 24.1. The van der Waals surface area contributed by atoms with Gasteiger partial charge in [-0.2, -0.15) is 0 Å². The van der Waals surface area contributed by atoms with Gasteiger partial charge in [0.15, 0.2) is 11.5 Å². The van der Waals surface area contributed by atoms with Crippen LogP contribution in [0.5, 0.6) is 11.5 Å². The Bertz CT molecular complexity index is 1510. The van der Waals surface area contributed by atoms with Crippen molar-refractivity contribution in [2.75, 3.05) is 12.0 Å². The first-order valence-electron chi connectivity index (χ1n) is 10.8. The van der Waals surface area contributed by atoms with E-state index >= 15 is 0 Å². The minimum absolute atomic E-state index is 0.0789. The molecule has 1 fully saturated rings. The van der Waals surface area contributed by atoms with Gasteiger partial charge in [0.2, 0.25) is 0 Å². The molecule has 6 nitrogen and oxygen atoms in total. The van der Waals surface area contributed by atoms with Crippen LogP contribution < -0.4 is 9.64 Å². The van der Waals surface area contributed by atoms with Gasteiger partial charge in [0.1, 0.15) is 5.76 Å². The van der Waals surface area contributed by atoms with Gasteiger partial charge in [-0.3, -0.25) is 14.5 Å². The van der Waals surface area contributed by atoms with E-state index in [1.54, 1.807) is 48.5 Å². The molecule has 1 saturated heterocycles. The molecule has 7 heteroatoms. The smallest absolute Gasteiger partial charge is 0.300 e. The van der Waals surface area contributed by atoms with Gasteiger partial charge in [0.25, 0.3) is 11.7 Å². The number of hydrogen-bond acceptors (Lipinski definition) is 5. The Morgan fingerprint density at radius 1 is 0.914 bits per heavy atom. The highest BCUT2D eigenvalue weighted by Crippen LogP contribution is 2.44. The van der Waals surface area contributed by atoms with E-state index in [9.17, 15) is 19.8 Å². The lowest BCUT2D eigenvalue weighted by molar-refractivity contribution is -0.132. The molecule has 0 bridgehead atoms. The number of aliphatic hydroxyl groups is 1. The van der Waals surface area contributed by atoms with Crippen molar-refractivity contribution in [2.24, 2.45) is 0 Å². The van der Waals surface area contributed by atoms with E-state index in [-0.39, 0.29) is 22.8 Å². The summed E-state index contributed by atoms with van der Waals surface area (Å²) in [6.45, 7) is 0. The Morgan fingerprint density at radius 3 is 2.31 bits per heavy atom.